The Labute approximate surface area is 78.7 Å². The molecule has 0 fully saturated rings. The van der Waals surface area contributed by atoms with E-state index in [9.17, 15) is 0 Å². The Balaban J connectivity index is 1.91. The first-order valence-electron chi connectivity index (χ1n) is 4.14. The summed E-state index contributed by atoms with van der Waals surface area (Å²) < 4.78 is 3.53. The molecular weight excluding hydrogens is 235 g/mol. The maximum atomic E-state index is 2.33. The predicted octanol–water partition coefficient (Wildman–Crippen LogP) is 2.11. The van der Waals surface area contributed by atoms with Crippen molar-refractivity contribution in [2.45, 2.75) is 12.8 Å². The van der Waals surface area contributed by atoms with E-state index >= 15 is 0 Å². The first kappa shape index (κ1) is 7.48. The molecule has 54 valence electrons. The monoisotopic (exact) mass is 246 g/mol. The minimum atomic E-state index is -0.663. The van der Waals surface area contributed by atoms with Crippen LogP contribution in [-0.2, 0) is 0 Å². The van der Waals surface area contributed by atoms with Crippen LogP contribution in [0.4, 0.5) is 0 Å². The SMILES string of the molecule is C1=CC[C]([InH][C]2=CC=CC2)=C1. The van der Waals surface area contributed by atoms with Gasteiger partial charge in [-0.25, -0.2) is 0 Å². The molecule has 0 aliphatic heterocycles. The van der Waals surface area contributed by atoms with E-state index in [4.69, 9.17) is 0 Å². The summed E-state index contributed by atoms with van der Waals surface area (Å²) in [7, 11) is 0. The summed E-state index contributed by atoms with van der Waals surface area (Å²) in [6.45, 7) is 0. The summed E-state index contributed by atoms with van der Waals surface area (Å²) in [5.41, 5.74) is 0. The number of hydrogen-bond donors (Lipinski definition) is 0. The average Bonchev–Trinajstić information content (AvgIpc) is 2.60. The van der Waals surface area contributed by atoms with Crippen molar-refractivity contribution in [2.24, 2.45) is 0 Å². The van der Waals surface area contributed by atoms with E-state index in [1.54, 1.807) is 6.66 Å². The van der Waals surface area contributed by atoms with Crippen molar-refractivity contribution in [1.29, 1.82) is 0 Å². The van der Waals surface area contributed by atoms with Crippen LogP contribution in [0.25, 0.3) is 0 Å². The fourth-order valence-corrected chi connectivity index (χ4v) is 6.43. The van der Waals surface area contributed by atoms with Gasteiger partial charge in [0.25, 0.3) is 0 Å². The third-order valence-corrected chi connectivity index (χ3v) is 7.74. The van der Waals surface area contributed by atoms with Gasteiger partial charge in [0.1, 0.15) is 0 Å². The van der Waals surface area contributed by atoms with Crippen LogP contribution in [0.1, 0.15) is 12.8 Å². The Bertz CT molecular complexity index is 239. The molecule has 2 aliphatic rings. The van der Waals surface area contributed by atoms with Crippen LogP contribution in [-0.4, -0.2) is 22.9 Å². The molecule has 0 aromatic heterocycles. The van der Waals surface area contributed by atoms with Gasteiger partial charge in [0.2, 0.25) is 0 Å². The van der Waals surface area contributed by atoms with Gasteiger partial charge in [-0.2, -0.15) is 0 Å². The molecule has 0 bridgehead atoms. The third-order valence-electron chi connectivity index (χ3n) is 2.15. The van der Waals surface area contributed by atoms with Crippen LogP contribution in [0, 0.1) is 0 Å². The quantitative estimate of drug-likeness (QED) is 0.700. The van der Waals surface area contributed by atoms with Gasteiger partial charge in [0, 0.05) is 0 Å². The Morgan fingerprint density at radius 2 is 1.45 bits per heavy atom. The summed E-state index contributed by atoms with van der Waals surface area (Å²) in [5, 5.41) is 0. The number of hydrogen-bond acceptors (Lipinski definition) is 0. The molecule has 0 aromatic carbocycles. The van der Waals surface area contributed by atoms with Gasteiger partial charge in [-0.05, 0) is 0 Å². The van der Waals surface area contributed by atoms with Gasteiger partial charge in [0.05, 0.1) is 0 Å². The van der Waals surface area contributed by atoms with Crippen molar-refractivity contribution in [3.05, 3.63) is 43.1 Å². The van der Waals surface area contributed by atoms with Gasteiger partial charge >= 0.3 is 78.9 Å². The van der Waals surface area contributed by atoms with Crippen molar-refractivity contribution in [3.8, 4) is 0 Å². The molecule has 0 radical (unpaired) electrons. The molecule has 2 aliphatic carbocycles. The Hall–Kier alpha value is -0.170. The molecule has 0 unspecified atom stereocenters. The van der Waals surface area contributed by atoms with Crippen LogP contribution in [0.2, 0.25) is 0 Å². The van der Waals surface area contributed by atoms with Crippen molar-refractivity contribution in [1.82, 2.24) is 0 Å². The van der Waals surface area contributed by atoms with Crippen LogP contribution in [0.5, 0.6) is 0 Å². The van der Waals surface area contributed by atoms with Crippen LogP contribution in [0.3, 0.4) is 0 Å². The maximum absolute atomic E-state index is 2.33. The Kier molecular flexibility index (Phi) is 2.37. The standard InChI is InChI=1S/2C5H5.In.H/c2*1-2-4-5-3-1;;/h2*1-3H,4H2;;. The van der Waals surface area contributed by atoms with Gasteiger partial charge in [-0.15, -0.1) is 0 Å². The van der Waals surface area contributed by atoms with E-state index in [0.717, 1.165) is 0 Å². The van der Waals surface area contributed by atoms with E-state index in [-0.39, 0.29) is 0 Å². The van der Waals surface area contributed by atoms with Gasteiger partial charge < -0.3 is 0 Å². The summed E-state index contributed by atoms with van der Waals surface area (Å²) >= 11 is -0.663. The molecule has 2 rings (SSSR count). The zero-order valence-electron chi connectivity index (χ0n) is 6.59. The van der Waals surface area contributed by atoms with Crippen LogP contribution in [0.15, 0.2) is 43.1 Å². The fourth-order valence-electron chi connectivity index (χ4n) is 1.54. The van der Waals surface area contributed by atoms with E-state index in [1.807, 2.05) is 0 Å². The summed E-state index contributed by atoms with van der Waals surface area (Å²) in [6.07, 6.45) is 16.1. The minimum absolute atomic E-state index is 0.663. The summed E-state index contributed by atoms with van der Waals surface area (Å²) in [4.78, 5) is 0. The molecule has 0 saturated carbocycles. The van der Waals surface area contributed by atoms with E-state index in [1.165, 1.54) is 12.8 Å². The molecule has 0 N–H and O–H groups in total. The molecule has 0 amide bonds. The molecule has 0 atom stereocenters. The van der Waals surface area contributed by atoms with Crippen LogP contribution >= 0.6 is 0 Å². The zero-order chi connectivity index (χ0) is 7.52. The Morgan fingerprint density at radius 3 is 1.82 bits per heavy atom. The predicted molar refractivity (Wildman–Crippen MR) is 50.8 cm³/mol. The molecule has 0 heterocycles. The molecular formula is C10H11In. The normalized spacial score (nSPS) is 20.4. The zero-order valence-corrected chi connectivity index (χ0v) is 10.6. The van der Waals surface area contributed by atoms with Gasteiger partial charge in [0.15, 0.2) is 0 Å². The fraction of sp³-hybridized carbons (Fsp3) is 0.200. The second-order valence-corrected chi connectivity index (χ2v) is 9.28. The van der Waals surface area contributed by atoms with E-state index in [2.05, 4.69) is 36.5 Å². The molecule has 0 spiro atoms. The summed E-state index contributed by atoms with van der Waals surface area (Å²) in [6, 6.07) is 0. The Morgan fingerprint density at radius 1 is 0.909 bits per heavy atom. The van der Waals surface area contributed by atoms with Crippen LogP contribution < -0.4 is 0 Å². The molecule has 1 heteroatoms. The number of rotatable bonds is 2. The third kappa shape index (κ3) is 1.90. The molecule has 0 nitrogen and oxygen atoms in total. The van der Waals surface area contributed by atoms with Crippen molar-refractivity contribution >= 4 is 22.9 Å². The second kappa shape index (κ2) is 3.49. The first-order valence-corrected chi connectivity index (χ1v) is 8.18. The van der Waals surface area contributed by atoms with E-state index < -0.39 is 22.9 Å². The molecule has 0 saturated heterocycles. The molecule has 11 heavy (non-hydrogen) atoms. The first-order chi connectivity index (χ1) is 5.45. The van der Waals surface area contributed by atoms with Crippen molar-refractivity contribution in [3.63, 3.8) is 0 Å². The van der Waals surface area contributed by atoms with Gasteiger partial charge in [-0.1, -0.05) is 0 Å². The second-order valence-electron chi connectivity index (χ2n) is 3.09. The number of allylic oxidation sites excluding steroid dienone is 8. The van der Waals surface area contributed by atoms with E-state index in [0.29, 0.717) is 0 Å². The van der Waals surface area contributed by atoms with Gasteiger partial charge in [-0.3, -0.25) is 0 Å². The molecule has 0 aromatic rings. The summed E-state index contributed by atoms with van der Waals surface area (Å²) in [5.74, 6) is 0. The van der Waals surface area contributed by atoms with Crippen molar-refractivity contribution in [2.75, 3.05) is 0 Å². The topological polar surface area (TPSA) is 0 Å². The van der Waals surface area contributed by atoms with Crippen molar-refractivity contribution < 1.29 is 0 Å². The average molecular weight is 246 g/mol.